The molecule has 0 bridgehead atoms. The summed E-state index contributed by atoms with van der Waals surface area (Å²) in [7, 11) is 0. The van der Waals surface area contributed by atoms with Crippen molar-refractivity contribution >= 4 is 18.0 Å². The third kappa shape index (κ3) is 6.16. The van der Waals surface area contributed by atoms with Gasteiger partial charge < -0.3 is 20.5 Å². The van der Waals surface area contributed by atoms with Crippen molar-refractivity contribution in [2.75, 3.05) is 13.2 Å². The number of carboxylic acid groups (broad SMARTS) is 1. The lowest BCUT2D eigenvalue weighted by atomic mass is 9.92. The van der Waals surface area contributed by atoms with Gasteiger partial charge in [-0.3, -0.25) is 9.59 Å². The van der Waals surface area contributed by atoms with Crippen molar-refractivity contribution < 1.29 is 24.2 Å². The van der Waals surface area contributed by atoms with E-state index in [0.29, 0.717) is 12.8 Å². The Morgan fingerprint density at radius 3 is 2.12 bits per heavy atom. The van der Waals surface area contributed by atoms with Crippen LogP contribution in [-0.2, 0) is 14.3 Å². The molecular weight excluding hydrogens is 432 g/mol. The van der Waals surface area contributed by atoms with Crippen LogP contribution in [0.3, 0.4) is 0 Å². The number of fused-ring (bicyclic) bond motifs is 3. The zero-order chi connectivity index (χ0) is 24.7. The highest BCUT2D eigenvalue weighted by atomic mass is 16.5. The second-order valence-electron chi connectivity index (χ2n) is 9.16. The lowest BCUT2D eigenvalue weighted by Crippen LogP contribution is -2.48. The van der Waals surface area contributed by atoms with E-state index in [1.807, 2.05) is 45.0 Å². The van der Waals surface area contributed by atoms with Gasteiger partial charge in [-0.05, 0) is 40.5 Å². The Morgan fingerprint density at radius 2 is 1.59 bits per heavy atom. The van der Waals surface area contributed by atoms with Gasteiger partial charge >= 0.3 is 12.1 Å². The molecule has 0 saturated carbocycles. The largest absolute Gasteiger partial charge is 0.481 e. The van der Waals surface area contributed by atoms with Gasteiger partial charge in [0, 0.05) is 12.5 Å². The molecule has 0 radical (unpaired) electrons. The summed E-state index contributed by atoms with van der Waals surface area (Å²) in [6.45, 7) is 6.21. The van der Waals surface area contributed by atoms with E-state index in [1.165, 1.54) is 0 Å². The Morgan fingerprint density at radius 1 is 1.00 bits per heavy atom. The van der Waals surface area contributed by atoms with Crippen molar-refractivity contribution in [3.8, 4) is 11.1 Å². The standard InChI is InChI=1S/C27H34N2O5/c1-4-9-24(26(32)28-15-18(17(2)3)14-25(30)31)29-27(33)34-16-23-21-12-7-5-10-19(21)20-11-6-8-13-22(20)23/h5-8,10-13,17-18,23-24H,4,9,14-16H2,1-3H3,(H,28,32)(H,29,33)(H,30,31). The molecule has 2 unspecified atom stereocenters. The van der Waals surface area contributed by atoms with Crippen LogP contribution in [-0.4, -0.2) is 42.3 Å². The monoisotopic (exact) mass is 466 g/mol. The van der Waals surface area contributed by atoms with Gasteiger partial charge in [0.2, 0.25) is 5.91 Å². The summed E-state index contributed by atoms with van der Waals surface area (Å²) in [5.41, 5.74) is 4.54. The number of nitrogens with one attached hydrogen (secondary N) is 2. The van der Waals surface area contributed by atoms with Gasteiger partial charge in [0.15, 0.2) is 0 Å². The van der Waals surface area contributed by atoms with Gasteiger partial charge in [0.1, 0.15) is 12.6 Å². The van der Waals surface area contributed by atoms with Gasteiger partial charge in [-0.1, -0.05) is 75.7 Å². The Hall–Kier alpha value is -3.35. The van der Waals surface area contributed by atoms with E-state index in [9.17, 15) is 14.4 Å². The number of hydrogen-bond acceptors (Lipinski definition) is 4. The Labute approximate surface area is 200 Å². The fourth-order valence-electron chi connectivity index (χ4n) is 4.46. The number of rotatable bonds is 11. The van der Waals surface area contributed by atoms with Crippen LogP contribution in [0.25, 0.3) is 11.1 Å². The van der Waals surface area contributed by atoms with Gasteiger partial charge in [-0.25, -0.2) is 4.79 Å². The summed E-state index contributed by atoms with van der Waals surface area (Å²) in [6, 6.07) is 15.5. The summed E-state index contributed by atoms with van der Waals surface area (Å²) in [5.74, 6) is -1.35. The molecule has 0 aromatic heterocycles. The summed E-state index contributed by atoms with van der Waals surface area (Å²) >= 11 is 0. The highest BCUT2D eigenvalue weighted by Crippen LogP contribution is 2.44. The van der Waals surface area contributed by atoms with Gasteiger partial charge in [0.05, 0.1) is 6.42 Å². The summed E-state index contributed by atoms with van der Waals surface area (Å²) in [6.07, 6.45) is 0.503. The summed E-state index contributed by atoms with van der Waals surface area (Å²) in [5, 5.41) is 14.6. The third-order valence-corrected chi connectivity index (χ3v) is 6.45. The molecule has 2 amide bonds. The fourth-order valence-corrected chi connectivity index (χ4v) is 4.46. The number of benzene rings is 2. The van der Waals surface area contributed by atoms with Crippen LogP contribution in [0.2, 0.25) is 0 Å². The molecule has 0 fully saturated rings. The molecule has 7 heteroatoms. The topological polar surface area (TPSA) is 105 Å². The molecule has 0 saturated heterocycles. The quantitative estimate of drug-likeness (QED) is 0.450. The molecule has 0 aliphatic heterocycles. The first-order valence-corrected chi connectivity index (χ1v) is 11.9. The fraction of sp³-hybridized carbons (Fsp3) is 0.444. The molecule has 0 spiro atoms. The number of ether oxygens (including phenoxy) is 1. The smallest absolute Gasteiger partial charge is 0.407 e. The van der Waals surface area contributed by atoms with Crippen LogP contribution in [0.15, 0.2) is 48.5 Å². The highest BCUT2D eigenvalue weighted by Gasteiger charge is 2.30. The summed E-state index contributed by atoms with van der Waals surface area (Å²) < 4.78 is 5.58. The zero-order valence-corrected chi connectivity index (χ0v) is 20.0. The minimum Gasteiger partial charge on any atom is -0.481 e. The molecule has 182 valence electrons. The zero-order valence-electron chi connectivity index (χ0n) is 20.0. The van der Waals surface area contributed by atoms with Crippen LogP contribution >= 0.6 is 0 Å². The predicted octanol–water partition coefficient (Wildman–Crippen LogP) is 4.56. The first-order valence-electron chi connectivity index (χ1n) is 11.9. The molecule has 2 atom stereocenters. The number of aliphatic carboxylic acids is 1. The molecule has 34 heavy (non-hydrogen) atoms. The van der Waals surface area contributed by atoms with Crippen LogP contribution in [0.5, 0.6) is 0 Å². The maximum atomic E-state index is 12.7. The Kier molecular flexibility index (Phi) is 8.68. The van der Waals surface area contributed by atoms with Crippen LogP contribution in [0.4, 0.5) is 4.79 Å². The lowest BCUT2D eigenvalue weighted by molar-refractivity contribution is -0.138. The van der Waals surface area contributed by atoms with E-state index in [-0.39, 0.29) is 43.2 Å². The maximum absolute atomic E-state index is 12.7. The van der Waals surface area contributed by atoms with Gasteiger partial charge in [-0.2, -0.15) is 0 Å². The normalized spacial score (nSPS) is 14.1. The number of carbonyl (C=O) groups is 3. The second-order valence-corrected chi connectivity index (χ2v) is 9.16. The Balaban J connectivity index is 1.59. The van der Waals surface area contributed by atoms with Crippen molar-refractivity contribution in [3.63, 3.8) is 0 Å². The van der Waals surface area contributed by atoms with Crippen molar-refractivity contribution in [1.82, 2.24) is 10.6 Å². The molecule has 0 heterocycles. The SMILES string of the molecule is CCCC(NC(=O)OCC1c2ccccc2-c2ccccc21)C(=O)NCC(CC(=O)O)C(C)C. The van der Waals surface area contributed by atoms with E-state index < -0.39 is 18.1 Å². The third-order valence-electron chi connectivity index (χ3n) is 6.45. The van der Waals surface area contributed by atoms with Crippen molar-refractivity contribution in [2.24, 2.45) is 11.8 Å². The summed E-state index contributed by atoms with van der Waals surface area (Å²) in [4.78, 5) is 36.4. The molecule has 3 N–H and O–H groups in total. The minimum atomic E-state index is -0.894. The van der Waals surface area contributed by atoms with E-state index >= 15 is 0 Å². The van der Waals surface area contributed by atoms with Crippen molar-refractivity contribution in [1.29, 1.82) is 0 Å². The van der Waals surface area contributed by atoms with E-state index in [1.54, 1.807) is 0 Å². The minimum absolute atomic E-state index is 0.0177. The first-order chi connectivity index (χ1) is 16.3. The average Bonchev–Trinajstić information content (AvgIpc) is 3.13. The number of alkyl carbamates (subject to hydrolysis) is 1. The molecule has 1 aliphatic carbocycles. The van der Waals surface area contributed by atoms with E-state index in [0.717, 1.165) is 22.3 Å². The van der Waals surface area contributed by atoms with Crippen molar-refractivity contribution in [3.05, 3.63) is 59.7 Å². The molecule has 1 aliphatic rings. The van der Waals surface area contributed by atoms with Gasteiger partial charge in [-0.15, -0.1) is 0 Å². The van der Waals surface area contributed by atoms with Crippen molar-refractivity contribution in [2.45, 2.75) is 52.0 Å². The maximum Gasteiger partial charge on any atom is 0.407 e. The molecule has 2 aromatic carbocycles. The second kappa shape index (κ2) is 11.7. The van der Waals surface area contributed by atoms with E-state index in [4.69, 9.17) is 9.84 Å². The van der Waals surface area contributed by atoms with Crippen LogP contribution in [0.1, 0.15) is 57.1 Å². The van der Waals surface area contributed by atoms with E-state index in [2.05, 4.69) is 34.9 Å². The molecule has 7 nitrogen and oxygen atoms in total. The highest BCUT2D eigenvalue weighted by molar-refractivity contribution is 5.85. The van der Waals surface area contributed by atoms with Crippen LogP contribution in [0, 0.1) is 11.8 Å². The molecular formula is C27H34N2O5. The first kappa shape index (κ1) is 25.3. The van der Waals surface area contributed by atoms with Gasteiger partial charge in [0.25, 0.3) is 0 Å². The lowest BCUT2D eigenvalue weighted by Gasteiger charge is -2.23. The number of carbonyl (C=O) groups excluding carboxylic acids is 2. The molecule has 2 aromatic rings. The number of carboxylic acids is 1. The van der Waals surface area contributed by atoms with Crippen LogP contribution < -0.4 is 10.6 Å². The molecule has 3 rings (SSSR count). The number of hydrogen-bond donors (Lipinski definition) is 3. The average molecular weight is 467 g/mol. The Bertz CT molecular complexity index is 974. The number of amides is 2. The predicted molar refractivity (Wildman–Crippen MR) is 130 cm³/mol.